The molecule has 0 fully saturated rings. The third kappa shape index (κ3) is 4.13. The van der Waals surface area contributed by atoms with Crippen LogP contribution < -0.4 is 10.6 Å². The van der Waals surface area contributed by atoms with Crippen LogP contribution in [0.2, 0.25) is 0 Å². The second kappa shape index (κ2) is 8.06. The number of ether oxygens (including phenoxy) is 1. The maximum absolute atomic E-state index is 13.8. The van der Waals surface area contributed by atoms with Gasteiger partial charge in [0.15, 0.2) is 0 Å². The van der Waals surface area contributed by atoms with Crippen LogP contribution in [0.1, 0.15) is 17.3 Å². The SMILES string of the molecule is CCOC(=O)c1ccccc1Nc1cc(Nc2ccccc2F)ncn1. The van der Waals surface area contributed by atoms with Crippen molar-refractivity contribution in [1.29, 1.82) is 0 Å². The van der Waals surface area contributed by atoms with Gasteiger partial charge in [-0.05, 0) is 31.2 Å². The summed E-state index contributed by atoms with van der Waals surface area (Å²) in [6.07, 6.45) is 1.35. The highest BCUT2D eigenvalue weighted by Crippen LogP contribution is 2.23. The van der Waals surface area contributed by atoms with Gasteiger partial charge in [0.1, 0.15) is 23.8 Å². The Morgan fingerprint density at radius 2 is 1.62 bits per heavy atom. The number of benzene rings is 2. The molecule has 132 valence electrons. The van der Waals surface area contributed by atoms with Crippen LogP contribution in [0.5, 0.6) is 0 Å². The molecule has 7 heteroatoms. The molecule has 0 saturated carbocycles. The number of aromatic nitrogens is 2. The van der Waals surface area contributed by atoms with Crippen LogP contribution in [0.4, 0.5) is 27.4 Å². The lowest BCUT2D eigenvalue weighted by Crippen LogP contribution is -2.08. The van der Waals surface area contributed by atoms with E-state index in [1.54, 1.807) is 55.5 Å². The standard InChI is InChI=1S/C19H17FN4O2/c1-2-26-19(25)13-7-3-5-9-15(13)23-17-11-18(22-12-21-17)24-16-10-6-4-8-14(16)20/h3-12H,2H2,1H3,(H2,21,22,23,24). The molecule has 0 aliphatic carbocycles. The van der Waals surface area contributed by atoms with Gasteiger partial charge in [-0.25, -0.2) is 19.2 Å². The number of carbonyl (C=O) groups excluding carboxylic acids is 1. The van der Waals surface area contributed by atoms with Crippen molar-refractivity contribution in [3.05, 3.63) is 72.3 Å². The lowest BCUT2D eigenvalue weighted by atomic mass is 10.2. The van der Waals surface area contributed by atoms with Gasteiger partial charge in [0.2, 0.25) is 0 Å². The van der Waals surface area contributed by atoms with E-state index in [1.807, 2.05) is 0 Å². The molecular formula is C19H17FN4O2. The topological polar surface area (TPSA) is 76.1 Å². The maximum atomic E-state index is 13.8. The first-order valence-corrected chi connectivity index (χ1v) is 8.04. The van der Waals surface area contributed by atoms with Gasteiger partial charge in [0.25, 0.3) is 0 Å². The van der Waals surface area contributed by atoms with Gasteiger partial charge in [0.05, 0.1) is 23.5 Å². The number of para-hydroxylation sites is 2. The normalized spacial score (nSPS) is 10.2. The van der Waals surface area contributed by atoms with Crippen LogP contribution >= 0.6 is 0 Å². The van der Waals surface area contributed by atoms with Gasteiger partial charge in [0, 0.05) is 6.07 Å². The van der Waals surface area contributed by atoms with E-state index >= 15 is 0 Å². The van der Waals surface area contributed by atoms with Crippen molar-refractivity contribution in [2.24, 2.45) is 0 Å². The number of nitrogens with one attached hydrogen (secondary N) is 2. The first-order valence-electron chi connectivity index (χ1n) is 8.04. The Morgan fingerprint density at radius 1 is 1.00 bits per heavy atom. The highest BCUT2D eigenvalue weighted by molar-refractivity contribution is 5.96. The van der Waals surface area contributed by atoms with E-state index in [1.165, 1.54) is 12.4 Å². The van der Waals surface area contributed by atoms with Gasteiger partial charge in [-0.1, -0.05) is 24.3 Å². The number of rotatable bonds is 6. The Labute approximate surface area is 150 Å². The summed E-state index contributed by atoms with van der Waals surface area (Å²) in [5, 5.41) is 5.97. The van der Waals surface area contributed by atoms with Gasteiger partial charge < -0.3 is 15.4 Å². The van der Waals surface area contributed by atoms with Crippen molar-refractivity contribution >= 4 is 29.0 Å². The summed E-state index contributed by atoms with van der Waals surface area (Å²) in [4.78, 5) is 20.3. The zero-order valence-electron chi connectivity index (χ0n) is 14.1. The molecule has 0 saturated heterocycles. The quantitative estimate of drug-likeness (QED) is 0.645. The average Bonchev–Trinajstić information content (AvgIpc) is 2.65. The molecule has 6 nitrogen and oxygen atoms in total. The van der Waals surface area contributed by atoms with Crippen molar-refractivity contribution in [3.63, 3.8) is 0 Å². The first kappa shape index (κ1) is 17.3. The Hall–Kier alpha value is -3.48. The van der Waals surface area contributed by atoms with E-state index in [0.717, 1.165) is 0 Å². The molecule has 3 rings (SSSR count). The van der Waals surface area contributed by atoms with E-state index in [-0.39, 0.29) is 12.4 Å². The van der Waals surface area contributed by atoms with Crippen molar-refractivity contribution in [2.45, 2.75) is 6.92 Å². The molecular weight excluding hydrogens is 335 g/mol. The summed E-state index contributed by atoms with van der Waals surface area (Å²) < 4.78 is 18.8. The van der Waals surface area contributed by atoms with Crippen LogP contribution in [-0.2, 0) is 4.74 Å². The Balaban J connectivity index is 1.82. The Morgan fingerprint density at radius 3 is 2.31 bits per heavy atom. The number of anilines is 4. The Bertz CT molecular complexity index is 917. The molecule has 0 radical (unpaired) electrons. The number of hydrogen-bond donors (Lipinski definition) is 2. The van der Waals surface area contributed by atoms with Crippen molar-refractivity contribution in [3.8, 4) is 0 Å². The minimum Gasteiger partial charge on any atom is -0.462 e. The molecule has 0 aliphatic heterocycles. The van der Waals surface area contributed by atoms with Crippen LogP contribution in [0, 0.1) is 5.82 Å². The van der Waals surface area contributed by atoms with Gasteiger partial charge in [-0.3, -0.25) is 0 Å². The number of carbonyl (C=O) groups is 1. The molecule has 2 aromatic carbocycles. The highest BCUT2D eigenvalue weighted by atomic mass is 19.1. The van der Waals surface area contributed by atoms with Gasteiger partial charge in [-0.2, -0.15) is 0 Å². The van der Waals surface area contributed by atoms with Gasteiger partial charge in [-0.15, -0.1) is 0 Å². The van der Waals surface area contributed by atoms with Crippen molar-refractivity contribution in [2.75, 3.05) is 17.2 Å². The lowest BCUT2D eigenvalue weighted by molar-refractivity contribution is 0.0527. The van der Waals surface area contributed by atoms with E-state index in [0.29, 0.717) is 28.6 Å². The average molecular weight is 352 g/mol. The van der Waals surface area contributed by atoms with E-state index in [4.69, 9.17) is 4.74 Å². The van der Waals surface area contributed by atoms with Crippen LogP contribution in [0.25, 0.3) is 0 Å². The largest absolute Gasteiger partial charge is 0.462 e. The molecule has 0 aliphatic rings. The molecule has 0 unspecified atom stereocenters. The molecule has 2 N–H and O–H groups in total. The smallest absolute Gasteiger partial charge is 0.340 e. The van der Waals surface area contributed by atoms with Crippen LogP contribution in [0.15, 0.2) is 60.9 Å². The van der Waals surface area contributed by atoms with Crippen LogP contribution in [0.3, 0.4) is 0 Å². The minimum absolute atomic E-state index is 0.289. The monoisotopic (exact) mass is 352 g/mol. The number of nitrogens with zero attached hydrogens (tertiary/aromatic N) is 2. The predicted octanol–water partition coefficient (Wildman–Crippen LogP) is 4.28. The van der Waals surface area contributed by atoms with Crippen molar-refractivity contribution in [1.82, 2.24) is 9.97 Å². The second-order valence-corrected chi connectivity index (χ2v) is 5.28. The third-order valence-electron chi connectivity index (χ3n) is 3.49. The first-order chi connectivity index (χ1) is 12.7. The van der Waals surface area contributed by atoms with Crippen molar-refractivity contribution < 1.29 is 13.9 Å². The third-order valence-corrected chi connectivity index (χ3v) is 3.49. The molecule has 0 atom stereocenters. The zero-order valence-corrected chi connectivity index (χ0v) is 14.1. The summed E-state index contributed by atoms with van der Waals surface area (Å²) in [5.41, 5.74) is 1.27. The molecule has 0 spiro atoms. The molecule has 1 heterocycles. The molecule has 0 bridgehead atoms. The summed E-state index contributed by atoms with van der Waals surface area (Å²) in [6.45, 7) is 2.04. The molecule has 0 amide bonds. The number of halogens is 1. The fraction of sp³-hybridized carbons (Fsp3) is 0.105. The summed E-state index contributed by atoms with van der Waals surface area (Å²) in [6, 6.07) is 14.9. The summed E-state index contributed by atoms with van der Waals surface area (Å²) in [5.74, 6) is 0.0689. The van der Waals surface area contributed by atoms with E-state index < -0.39 is 5.97 Å². The van der Waals surface area contributed by atoms with Gasteiger partial charge >= 0.3 is 5.97 Å². The zero-order chi connectivity index (χ0) is 18.4. The predicted molar refractivity (Wildman–Crippen MR) is 97.4 cm³/mol. The fourth-order valence-electron chi connectivity index (χ4n) is 2.31. The highest BCUT2D eigenvalue weighted by Gasteiger charge is 2.12. The fourth-order valence-corrected chi connectivity index (χ4v) is 2.31. The second-order valence-electron chi connectivity index (χ2n) is 5.28. The van der Waals surface area contributed by atoms with Crippen LogP contribution in [-0.4, -0.2) is 22.5 Å². The van der Waals surface area contributed by atoms with E-state index in [9.17, 15) is 9.18 Å². The molecule has 26 heavy (non-hydrogen) atoms. The van der Waals surface area contributed by atoms with E-state index in [2.05, 4.69) is 20.6 Å². The summed E-state index contributed by atoms with van der Waals surface area (Å²) in [7, 11) is 0. The minimum atomic E-state index is -0.422. The maximum Gasteiger partial charge on any atom is 0.340 e. The molecule has 3 aromatic rings. The summed E-state index contributed by atoms with van der Waals surface area (Å²) >= 11 is 0. The number of hydrogen-bond acceptors (Lipinski definition) is 6. The molecule has 1 aromatic heterocycles. The Kier molecular flexibility index (Phi) is 5.38. The number of esters is 1. The lowest BCUT2D eigenvalue weighted by Gasteiger charge is -2.12.